The van der Waals surface area contributed by atoms with Gasteiger partial charge in [0.1, 0.15) is 5.82 Å². The summed E-state index contributed by atoms with van der Waals surface area (Å²) >= 11 is 1.73. The Bertz CT molecular complexity index is 747. The summed E-state index contributed by atoms with van der Waals surface area (Å²) in [4.78, 5) is 11.3. The van der Waals surface area contributed by atoms with E-state index in [1.54, 1.807) is 23.9 Å². The van der Waals surface area contributed by atoms with Crippen LogP contribution in [0.2, 0.25) is 0 Å². The number of alkyl halides is 3. The van der Waals surface area contributed by atoms with Gasteiger partial charge in [-0.3, -0.25) is 0 Å². The van der Waals surface area contributed by atoms with Crippen molar-refractivity contribution in [1.29, 1.82) is 0 Å². The first-order valence-electron chi connectivity index (χ1n) is 8.30. The van der Waals surface area contributed by atoms with Crippen LogP contribution in [0.4, 0.5) is 17.6 Å². The van der Waals surface area contributed by atoms with Gasteiger partial charge in [-0.05, 0) is 67.7 Å². The molecule has 3 rings (SSSR count). The van der Waals surface area contributed by atoms with Gasteiger partial charge in [-0.2, -0.15) is 13.2 Å². The molecular formula is C19H19F4NO2S. The van der Waals surface area contributed by atoms with Crippen LogP contribution in [0.5, 0.6) is 0 Å². The minimum Gasteiger partial charge on any atom is -0.475 e. The molecule has 27 heavy (non-hydrogen) atoms. The molecule has 1 aliphatic heterocycles. The lowest BCUT2D eigenvalue weighted by molar-refractivity contribution is -0.192. The first kappa shape index (κ1) is 21.2. The zero-order valence-corrected chi connectivity index (χ0v) is 15.1. The lowest BCUT2D eigenvalue weighted by Crippen LogP contribution is -2.26. The molecular weight excluding hydrogens is 382 g/mol. The highest BCUT2D eigenvalue weighted by atomic mass is 32.2. The topological polar surface area (TPSA) is 49.3 Å². The van der Waals surface area contributed by atoms with E-state index < -0.39 is 12.1 Å². The summed E-state index contributed by atoms with van der Waals surface area (Å²) in [5, 5.41) is 10.5. The summed E-state index contributed by atoms with van der Waals surface area (Å²) in [5.41, 5.74) is 1.17. The molecule has 146 valence electrons. The fraction of sp³-hybridized carbons (Fsp3) is 0.316. The quantitative estimate of drug-likeness (QED) is 0.705. The van der Waals surface area contributed by atoms with Gasteiger partial charge in [-0.1, -0.05) is 30.0 Å². The number of aliphatic carboxylic acids is 1. The largest absolute Gasteiger partial charge is 0.490 e. The standard InChI is InChI=1S/C17H18FNS.C2HF3O2/c18-14-6-7-17(20-15-4-2-1-3-5-15)16(12-14)13-8-10-19-11-9-13;3-2(4,5)1(6)7/h1-7,12-13,19H,8-11H2;(H,6,7). The molecule has 0 saturated carbocycles. The summed E-state index contributed by atoms with van der Waals surface area (Å²) in [6.45, 7) is 2.05. The second-order valence-electron chi connectivity index (χ2n) is 5.92. The van der Waals surface area contributed by atoms with Crippen molar-refractivity contribution in [3.05, 3.63) is 59.9 Å². The van der Waals surface area contributed by atoms with E-state index in [9.17, 15) is 17.6 Å². The van der Waals surface area contributed by atoms with Gasteiger partial charge in [-0.25, -0.2) is 9.18 Å². The van der Waals surface area contributed by atoms with Crippen molar-refractivity contribution < 1.29 is 27.5 Å². The Morgan fingerprint density at radius 1 is 1.07 bits per heavy atom. The van der Waals surface area contributed by atoms with Gasteiger partial charge in [0.05, 0.1) is 0 Å². The third-order valence-electron chi connectivity index (χ3n) is 3.96. The van der Waals surface area contributed by atoms with Crippen LogP contribution in [-0.2, 0) is 4.79 Å². The van der Waals surface area contributed by atoms with Crippen molar-refractivity contribution in [2.24, 2.45) is 0 Å². The zero-order chi connectivity index (χ0) is 19.9. The Morgan fingerprint density at radius 3 is 2.22 bits per heavy atom. The highest BCUT2D eigenvalue weighted by Crippen LogP contribution is 2.37. The van der Waals surface area contributed by atoms with E-state index in [2.05, 4.69) is 17.4 Å². The van der Waals surface area contributed by atoms with Crippen LogP contribution < -0.4 is 5.32 Å². The van der Waals surface area contributed by atoms with Crippen molar-refractivity contribution in [1.82, 2.24) is 5.32 Å². The molecule has 0 atom stereocenters. The predicted octanol–water partition coefficient (Wildman–Crippen LogP) is 5.08. The van der Waals surface area contributed by atoms with Crippen LogP contribution in [-0.4, -0.2) is 30.3 Å². The molecule has 1 saturated heterocycles. The van der Waals surface area contributed by atoms with Crippen LogP contribution in [0, 0.1) is 5.82 Å². The molecule has 2 N–H and O–H groups in total. The van der Waals surface area contributed by atoms with E-state index in [-0.39, 0.29) is 5.82 Å². The maximum atomic E-state index is 13.6. The number of hydrogen-bond acceptors (Lipinski definition) is 3. The molecule has 1 heterocycles. The van der Waals surface area contributed by atoms with E-state index in [4.69, 9.17) is 9.90 Å². The average Bonchev–Trinajstić information content (AvgIpc) is 2.64. The smallest absolute Gasteiger partial charge is 0.475 e. The number of nitrogens with one attached hydrogen (secondary N) is 1. The van der Waals surface area contributed by atoms with Crippen molar-refractivity contribution >= 4 is 17.7 Å². The normalized spacial score (nSPS) is 15.0. The molecule has 0 aromatic heterocycles. The molecule has 0 amide bonds. The summed E-state index contributed by atoms with van der Waals surface area (Å²) < 4.78 is 45.4. The summed E-state index contributed by atoms with van der Waals surface area (Å²) in [6, 6.07) is 15.5. The first-order chi connectivity index (χ1) is 12.8. The SMILES string of the molecule is Fc1ccc(Sc2ccccc2)c(C2CCNCC2)c1.O=C(O)C(F)(F)F. The van der Waals surface area contributed by atoms with E-state index >= 15 is 0 Å². The monoisotopic (exact) mass is 401 g/mol. The number of halogens is 4. The summed E-state index contributed by atoms with van der Waals surface area (Å²) in [7, 11) is 0. The molecule has 0 unspecified atom stereocenters. The lowest BCUT2D eigenvalue weighted by atomic mass is 9.90. The van der Waals surface area contributed by atoms with Crippen LogP contribution >= 0.6 is 11.8 Å². The Balaban J connectivity index is 0.000000321. The van der Waals surface area contributed by atoms with E-state index in [0.29, 0.717) is 5.92 Å². The average molecular weight is 401 g/mol. The van der Waals surface area contributed by atoms with Gasteiger partial charge in [0, 0.05) is 9.79 Å². The minimum atomic E-state index is -5.08. The third-order valence-corrected chi connectivity index (χ3v) is 5.06. The second-order valence-corrected chi connectivity index (χ2v) is 7.04. The van der Waals surface area contributed by atoms with Gasteiger partial charge in [-0.15, -0.1) is 0 Å². The van der Waals surface area contributed by atoms with Crippen LogP contribution in [0.3, 0.4) is 0 Å². The molecule has 8 heteroatoms. The Kier molecular flexibility index (Phi) is 7.67. The fourth-order valence-electron chi connectivity index (χ4n) is 2.68. The number of carboxylic acids is 1. The lowest BCUT2D eigenvalue weighted by Gasteiger charge is -2.25. The molecule has 1 fully saturated rings. The number of hydrogen-bond donors (Lipinski definition) is 2. The molecule has 0 bridgehead atoms. The molecule has 2 aromatic rings. The van der Waals surface area contributed by atoms with Gasteiger partial charge in [0.2, 0.25) is 0 Å². The number of carboxylic acid groups (broad SMARTS) is 1. The highest BCUT2D eigenvalue weighted by molar-refractivity contribution is 7.99. The Morgan fingerprint density at radius 2 is 1.67 bits per heavy atom. The molecule has 3 nitrogen and oxygen atoms in total. The first-order valence-corrected chi connectivity index (χ1v) is 9.12. The van der Waals surface area contributed by atoms with Crippen molar-refractivity contribution in [2.45, 2.75) is 34.7 Å². The Labute approximate surface area is 158 Å². The number of benzene rings is 2. The molecule has 2 aromatic carbocycles. The van der Waals surface area contributed by atoms with Gasteiger partial charge in [0.25, 0.3) is 0 Å². The van der Waals surface area contributed by atoms with E-state index in [1.165, 1.54) is 15.4 Å². The maximum Gasteiger partial charge on any atom is 0.490 e. The predicted molar refractivity (Wildman–Crippen MR) is 95.5 cm³/mol. The second kappa shape index (κ2) is 9.75. The van der Waals surface area contributed by atoms with Crippen molar-refractivity contribution in [3.8, 4) is 0 Å². The van der Waals surface area contributed by atoms with Crippen LogP contribution in [0.25, 0.3) is 0 Å². The van der Waals surface area contributed by atoms with Gasteiger partial charge in [0.15, 0.2) is 0 Å². The van der Waals surface area contributed by atoms with Gasteiger partial charge >= 0.3 is 12.1 Å². The minimum absolute atomic E-state index is 0.129. The third kappa shape index (κ3) is 6.88. The molecule has 1 aliphatic rings. The summed E-state index contributed by atoms with van der Waals surface area (Å²) in [5.74, 6) is -2.42. The van der Waals surface area contributed by atoms with E-state index in [0.717, 1.165) is 25.9 Å². The summed E-state index contributed by atoms with van der Waals surface area (Å²) in [6.07, 6.45) is -2.91. The molecule has 0 spiro atoms. The number of carbonyl (C=O) groups is 1. The number of piperidine rings is 1. The fourth-order valence-corrected chi connectivity index (χ4v) is 3.71. The van der Waals surface area contributed by atoms with Crippen LogP contribution in [0.1, 0.15) is 24.3 Å². The molecule has 0 aliphatic carbocycles. The number of rotatable bonds is 3. The van der Waals surface area contributed by atoms with Crippen molar-refractivity contribution in [3.63, 3.8) is 0 Å². The highest BCUT2D eigenvalue weighted by Gasteiger charge is 2.38. The maximum absolute atomic E-state index is 13.6. The zero-order valence-electron chi connectivity index (χ0n) is 14.3. The van der Waals surface area contributed by atoms with Gasteiger partial charge < -0.3 is 10.4 Å². The van der Waals surface area contributed by atoms with E-state index in [1.807, 2.05) is 24.3 Å². The Hall–Kier alpha value is -2.06. The molecule has 0 radical (unpaired) electrons. The van der Waals surface area contributed by atoms with Crippen LogP contribution in [0.15, 0.2) is 58.3 Å². The van der Waals surface area contributed by atoms with Crippen molar-refractivity contribution in [2.75, 3.05) is 13.1 Å².